The maximum absolute atomic E-state index is 12.8. The van der Waals surface area contributed by atoms with Crippen molar-refractivity contribution >= 4 is 51.0 Å². The number of hydrogen-bond donors (Lipinski definition) is 2. The number of nitro groups is 1. The Morgan fingerprint density at radius 2 is 1.84 bits per heavy atom. The second-order valence-corrected chi connectivity index (χ2v) is 8.24. The lowest BCUT2D eigenvalue weighted by Crippen LogP contribution is -2.21. The number of aryl methyl sites for hydroxylation is 1. The quantitative estimate of drug-likeness (QED) is 0.206. The molecule has 0 bridgehead atoms. The van der Waals surface area contributed by atoms with E-state index in [1.54, 1.807) is 26.0 Å². The Balaban J connectivity index is 1.95. The number of thiophene rings is 1. The number of anilines is 2. The number of rotatable bonds is 6. The van der Waals surface area contributed by atoms with Crippen molar-refractivity contribution in [1.82, 2.24) is 0 Å². The van der Waals surface area contributed by atoms with Gasteiger partial charge in [0.15, 0.2) is 5.11 Å². The van der Waals surface area contributed by atoms with Crippen molar-refractivity contribution in [3.8, 4) is 11.1 Å². The summed E-state index contributed by atoms with van der Waals surface area (Å²) in [5.41, 5.74) is 3.09. The molecule has 160 valence electrons. The van der Waals surface area contributed by atoms with Gasteiger partial charge in [0, 0.05) is 16.5 Å². The minimum absolute atomic E-state index is 0.00153. The first kappa shape index (κ1) is 22.4. The highest BCUT2D eigenvalue weighted by Gasteiger charge is 2.25. The maximum Gasteiger partial charge on any atom is 0.341 e. The lowest BCUT2D eigenvalue weighted by Gasteiger charge is -2.13. The number of nitrogens with zero attached hydrogens (tertiary/aromatic N) is 1. The minimum atomic E-state index is -0.442. The fourth-order valence-electron chi connectivity index (χ4n) is 3.20. The number of carbonyl (C=O) groups is 1. The molecule has 0 radical (unpaired) electrons. The monoisotopic (exact) mass is 455 g/mol. The van der Waals surface area contributed by atoms with Crippen LogP contribution in [0, 0.1) is 24.0 Å². The molecule has 0 aliphatic carbocycles. The van der Waals surface area contributed by atoms with E-state index in [4.69, 9.17) is 17.0 Å². The normalized spacial score (nSPS) is 10.4. The van der Waals surface area contributed by atoms with E-state index in [1.807, 2.05) is 37.3 Å². The van der Waals surface area contributed by atoms with Crippen LogP contribution in [0.3, 0.4) is 0 Å². The molecule has 3 aromatic rings. The lowest BCUT2D eigenvalue weighted by molar-refractivity contribution is -0.385. The van der Waals surface area contributed by atoms with Crippen LogP contribution in [0.25, 0.3) is 11.1 Å². The first-order valence-electron chi connectivity index (χ1n) is 9.51. The van der Waals surface area contributed by atoms with Gasteiger partial charge in [-0.3, -0.25) is 10.1 Å². The highest BCUT2D eigenvalue weighted by atomic mass is 32.1. The first-order chi connectivity index (χ1) is 14.8. The summed E-state index contributed by atoms with van der Waals surface area (Å²) in [4.78, 5) is 24.5. The van der Waals surface area contributed by atoms with E-state index in [2.05, 4.69) is 10.6 Å². The number of hydrogen-bond acceptors (Lipinski definition) is 6. The molecule has 0 amide bonds. The van der Waals surface area contributed by atoms with Gasteiger partial charge in [-0.25, -0.2) is 4.79 Å². The van der Waals surface area contributed by atoms with Crippen LogP contribution in [0.4, 0.5) is 16.4 Å². The number of esters is 1. The van der Waals surface area contributed by atoms with Gasteiger partial charge < -0.3 is 15.4 Å². The molecule has 0 aliphatic rings. The molecule has 0 atom stereocenters. The number of carbonyl (C=O) groups excluding carboxylic acids is 1. The maximum atomic E-state index is 12.8. The summed E-state index contributed by atoms with van der Waals surface area (Å²) in [6.07, 6.45) is 0. The number of nitro benzene ring substituents is 1. The number of nitrogens with one attached hydrogen (secondary N) is 2. The molecule has 0 aliphatic heterocycles. The van der Waals surface area contributed by atoms with Crippen LogP contribution < -0.4 is 10.6 Å². The Kier molecular flexibility index (Phi) is 6.98. The SMILES string of the molecule is CCOC(=O)c1c(NC(=S)Nc2cccc([N+](=O)[O-])c2C)sc(C)c1-c1ccccc1. The van der Waals surface area contributed by atoms with Gasteiger partial charge >= 0.3 is 5.97 Å². The molecule has 9 heteroatoms. The van der Waals surface area contributed by atoms with Crippen LogP contribution in [0.5, 0.6) is 0 Å². The largest absolute Gasteiger partial charge is 0.462 e. The van der Waals surface area contributed by atoms with E-state index in [1.165, 1.54) is 17.4 Å². The third-order valence-corrected chi connectivity index (χ3v) is 5.83. The molecule has 7 nitrogen and oxygen atoms in total. The molecule has 3 rings (SSSR count). The fourth-order valence-corrected chi connectivity index (χ4v) is 4.54. The van der Waals surface area contributed by atoms with E-state index in [0.717, 1.165) is 16.0 Å². The van der Waals surface area contributed by atoms with Crippen LogP contribution in [0.1, 0.15) is 27.7 Å². The van der Waals surface area contributed by atoms with Gasteiger partial charge in [0.2, 0.25) is 0 Å². The van der Waals surface area contributed by atoms with E-state index >= 15 is 0 Å². The Bertz CT molecular complexity index is 1140. The zero-order valence-corrected chi connectivity index (χ0v) is 18.9. The third-order valence-electron chi connectivity index (χ3n) is 4.60. The van der Waals surface area contributed by atoms with Crippen LogP contribution in [-0.2, 0) is 4.74 Å². The van der Waals surface area contributed by atoms with Gasteiger partial charge in [-0.2, -0.15) is 0 Å². The highest BCUT2D eigenvalue weighted by Crippen LogP contribution is 2.40. The van der Waals surface area contributed by atoms with Crippen LogP contribution in [0.2, 0.25) is 0 Å². The molecular weight excluding hydrogens is 434 g/mol. The predicted octanol–water partition coefficient (Wildman–Crippen LogP) is 5.93. The average Bonchev–Trinajstić information content (AvgIpc) is 3.05. The lowest BCUT2D eigenvalue weighted by atomic mass is 10.0. The zero-order valence-electron chi connectivity index (χ0n) is 17.2. The van der Waals surface area contributed by atoms with Gasteiger partial charge in [-0.1, -0.05) is 36.4 Å². The van der Waals surface area contributed by atoms with E-state index in [0.29, 0.717) is 21.8 Å². The van der Waals surface area contributed by atoms with Gasteiger partial charge in [0.05, 0.1) is 22.8 Å². The second kappa shape index (κ2) is 9.67. The molecule has 0 saturated heterocycles. The van der Waals surface area contributed by atoms with Crippen molar-refractivity contribution < 1.29 is 14.5 Å². The molecule has 1 aromatic heterocycles. The summed E-state index contributed by atoms with van der Waals surface area (Å²) in [7, 11) is 0. The fraction of sp³-hybridized carbons (Fsp3) is 0.182. The van der Waals surface area contributed by atoms with Crippen molar-refractivity contribution in [3.05, 3.63) is 74.6 Å². The van der Waals surface area contributed by atoms with E-state index in [9.17, 15) is 14.9 Å². The number of benzene rings is 2. The molecule has 2 N–H and O–H groups in total. The molecule has 2 aromatic carbocycles. The van der Waals surface area contributed by atoms with E-state index < -0.39 is 10.9 Å². The highest BCUT2D eigenvalue weighted by molar-refractivity contribution is 7.80. The molecule has 0 fully saturated rings. The van der Waals surface area contributed by atoms with Gasteiger partial charge in [-0.05, 0) is 44.6 Å². The summed E-state index contributed by atoms with van der Waals surface area (Å²) in [5.74, 6) is -0.442. The van der Waals surface area contributed by atoms with Crippen molar-refractivity contribution in [2.24, 2.45) is 0 Å². The van der Waals surface area contributed by atoms with Gasteiger partial charge in [0.1, 0.15) is 10.6 Å². The van der Waals surface area contributed by atoms with Crippen LogP contribution >= 0.6 is 23.6 Å². The zero-order chi connectivity index (χ0) is 22.5. The summed E-state index contributed by atoms with van der Waals surface area (Å²) in [6.45, 7) is 5.58. The van der Waals surface area contributed by atoms with Crippen molar-refractivity contribution in [2.75, 3.05) is 17.2 Å². The molecule has 0 spiro atoms. The Morgan fingerprint density at radius 3 is 2.48 bits per heavy atom. The Labute approximate surface area is 189 Å². The van der Waals surface area contributed by atoms with Crippen LogP contribution in [0.15, 0.2) is 48.5 Å². The predicted molar refractivity (Wildman–Crippen MR) is 128 cm³/mol. The topological polar surface area (TPSA) is 93.5 Å². The number of thiocarbonyl (C=S) groups is 1. The van der Waals surface area contributed by atoms with Gasteiger partial charge in [0.25, 0.3) is 5.69 Å². The molecule has 0 unspecified atom stereocenters. The molecule has 1 heterocycles. The second-order valence-electron chi connectivity index (χ2n) is 6.61. The summed E-state index contributed by atoms with van der Waals surface area (Å²) < 4.78 is 5.29. The molecule has 0 saturated carbocycles. The summed E-state index contributed by atoms with van der Waals surface area (Å²) >= 11 is 6.82. The van der Waals surface area contributed by atoms with E-state index in [-0.39, 0.29) is 17.4 Å². The third kappa shape index (κ3) is 4.89. The summed E-state index contributed by atoms with van der Waals surface area (Å²) in [5, 5.41) is 18.0. The average molecular weight is 456 g/mol. The standard InChI is InChI=1S/C22H21N3O4S2/c1-4-29-21(26)19-18(15-9-6-5-7-10-15)14(3)31-20(19)24-22(30)23-16-11-8-12-17(13(16)2)25(27)28/h5-12H,4H2,1-3H3,(H2,23,24,30). The van der Waals surface area contributed by atoms with Crippen LogP contribution in [-0.4, -0.2) is 22.6 Å². The smallest absolute Gasteiger partial charge is 0.341 e. The van der Waals surface area contributed by atoms with Gasteiger partial charge in [-0.15, -0.1) is 11.3 Å². The minimum Gasteiger partial charge on any atom is -0.462 e. The molecular formula is C22H21N3O4S2. The number of ether oxygens (including phenoxy) is 1. The van der Waals surface area contributed by atoms with Crippen molar-refractivity contribution in [2.45, 2.75) is 20.8 Å². The Hall–Kier alpha value is -3.30. The Morgan fingerprint density at radius 1 is 1.13 bits per heavy atom. The van der Waals surface area contributed by atoms with Crippen molar-refractivity contribution in [1.29, 1.82) is 0 Å². The molecule has 31 heavy (non-hydrogen) atoms. The van der Waals surface area contributed by atoms with Crippen molar-refractivity contribution in [3.63, 3.8) is 0 Å². The summed E-state index contributed by atoms with van der Waals surface area (Å²) in [6, 6.07) is 14.3. The first-order valence-corrected chi connectivity index (χ1v) is 10.7.